The summed E-state index contributed by atoms with van der Waals surface area (Å²) in [5.41, 5.74) is 4.41. The maximum Gasteiger partial charge on any atom is 0.408 e. The third-order valence-electron chi connectivity index (χ3n) is 6.64. The first kappa shape index (κ1) is 25.3. The van der Waals surface area contributed by atoms with Gasteiger partial charge in [0.25, 0.3) is 5.56 Å². The van der Waals surface area contributed by atoms with Crippen LogP contribution in [0.15, 0.2) is 59.7 Å². The molecule has 2 aromatic heterocycles. The van der Waals surface area contributed by atoms with Gasteiger partial charge in [0.15, 0.2) is 0 Å². The van der Waals surface area contributed by atoms with Gasteiger partial charge in [-0.2, -0.15) is 5.10 Å². The topological polar surface area (TPSA) is 78.2 Å². The van der Waals surface area contributed by atoms with E-state index in [1.165, 1.54) is 0 Å². The molecule has 1 amide bonds. The van der Waals surface area contributed by atoms with Crippen molar-refractivity contribution in [3.05, 3.63) is 93.2 Å². The highest BCUT2D eigenvalue weighted by molar-refractivity contribution is 5.94. The second-order valence-electron chi connectivity index (χ2n) is 10.7. The van der Waals surface area contributed by atoms with E-state index in [-0.39, 0.29) is 5.56 Å². The van der Waals surface area contributed by atoms with E-state index in [4.69, 9.17) is 4.74 Å². The van der Waals surface area contributed by atoms with Crippen molar-refractivity contribution in [2.24, 2.45) is 7.05 Å². The molecule has 2 aromatic carbocycles. The van der Waals surface area contributed by atoms with E-state index in [0.29, 0.717) is 10.9 Å². The third-order valence-corrected chi connectivity index (χ3v) is 6.64. The molecule has 5 rings (SSSR count). The fourth-order valence-electron chi connectivity index (χ4n) is 5.18. The van der Waals surface area contributed by atoms with Crippen LogP contribution in [0.5, 0.6) is 0 Å². The number of carbonyl (C=O) groups is 1. The van der Waals surface area contributed by atoms with Crippen LogP contribution in [0.3, 0.4) is 0 Å². The summed E-state index contributed by atoms with van der Waals surface area (Å²) in [7, 11) is 1.85. The number of benzene rings is 2. The van der Waals surface area contributed by atoms with Gasteiger partial charge in [-0.3, -0.25) is 14.0 Å². The highest BCUT2D eigenvalue weighted by atomic mass is 16.6. The smallest absolute Gasteiger partial charge is 0.408 e. The Kier molecular flexibility index (Phi) is 6.58. The molecule has 2 heterocycles. The number of hydrogen-bond acceptors (Lipinski definition) is 4. The van der Waals surface area contributed by atoms with E-state index in [0.717, 1.165) is 52.7 Å². The molecule has 0 aliphatic heterocycles. The number of nitrogens with zero attached hydrogens (tertiary/aromatic N) is 3. The third kappa shape index (κ3) is 4.95. The van der Waals surface area contributed by atoms with Crippen LogP contribution in [-0.4, -0.2) is 26.0 Å². The van der Waals surface area contributed by atoms with E-state index >= 15 is 0 Å². The van der Waals surface area contributed by atoms with Crippen molar-refractivity contribution in [2.75, 3.05) is 0 Å². The number of rotatable bonds is 3. The normalized spacial score (nSPS) is 13.5. The Labute approximate surface area is 222 Å². The quantitative estimate of drug-likeness (QED) is 0.386. The highest BCUT2D eigenvalue weighted by Crippen LogP contribution is 2.35. The summed E-state index contributed by atoms with van der Waals surface area (Å²) in [5.74, 6) is 6.41. The van der Waals surface area contributed by atoms with E-state index in [1.807, 2.05) is 77.3 Å². The van der Waals surface area contributed by atoms with Crippen molar-refractivity contribution in [2.45, 2.75) is 58.6 Å². The number of pyridine rings is 1. The molecule has 194 valence electrons. The van der Waals surface area contributed by atoms with Crippen LogP contribution in [0.1, 0.15) is 68.1 Å². The molecule has 0 saturated heterocycles. The van der Waals surface area contributed by atoms with Crippen LogP contribution in [0.2, 0.25) is 0 Å². The Morgan fingerprint density at radius 1 is 1.08 bits per heavy atom. The lowest BCUT2D eigenvalue weighted by Gasteiger charge is -2.29. The summed E-state index contributed by atoms with van der Waals surface area (Å²) < 4.78 is 8.98. The van der Waals surface area contributed by atoms with Crippen LogP contribution in [0.25, 0.3) is 16.5 Å². The van der Waals surface area contributed by atoms with Gasteiger partial charge < -0.3 is 10.1 Å². The van der Waals surface area contributed by atoms with Gasteiger partial charge in [0.05, 0.1) is 28.9 Å². The summed E-state index contributed by atoms with van der Waals surface area (Å²) in [4.78, 5) is 27.1. The predicted molar refractivity (Wildman–Crippen MR) is 149 cm³/mol. The summed E-state index contributed by atoms with van der Waals surface area (Å²) in [6, 6.07) is 13.1. The molecule has 0 unspecified atom stereocenters. The lowest BCUT2D eigenvalue weighted by molar-refractivity contribution is 0.0506. The Bertz CT molecular complexity index is 1650. The average molecular weight is 509 g/mol. The molecule has 0 fully saturated rings. The molecule has 1 aliphatic rings. The summed E-state index contributed by atoms with van der Waals surface area (Å²) in [6.45, 7) is 7.40. The number of amides is 1. The Balaban J connectivity index is 1.77. The van der Waals surface area contributed by atoms with Crippen LogP contribution in [0.4, 0.5) is 4.79 Å². The maximum atomic E-state index is 14.4. The molecular formula is C31H32N4O3. The molecule has 0 radical (unpaired) electrons. The first-order chi connectivity index (χ1) is 18.1. The first-order valence-corrected chi connectivity index (χ1v) is 12.9. The zero-order valence-corrected chi connectivity index (χ0v) is 22.5. The van der Waals surface area contributed by atoms with Crippen LogP contribution in [0, 0.1) is 11.8 Å². The number of alkyl carbamates (subject to hydrolysis) is 1. The Hall–Kier alpha value is -4.31. The monoisotopic (exact) mass is 508 g/mol. The molecule has 7 heteroatoms. The number of nitrogens with one attached hydrogen (secondary N) is 1. The van der Waals surface area contributed by atoms with Crippen molar-refractivity contribution in [3.8, 4) is 17.5 Å². The zero-order chi connectivity index (χ0) is 27.0. The zero-order valence-electron chi connectivity index (χ0n) is 22.5. The molecule has 0 saturated carbocycles. The van der Waals surface area contributed by atoms with Gasteiger partial charge >= 0.3 is 6.09 Å². The van der Waals surface area contributed by atoms with E-state index in [1.54, 1.807) is 15.4 Å². The van der Waals surface area contributed by atoms with Crippen LogP contribution >= 0.6 is 0 Å². The largest absolute Gasteiger partial charge is 0.444 e. The van der Waals surface area contributed by atoms with Gasteiger partial charge in [0, 0.05) is 24.5 Å². The molecule has 1 N–H and O–H groups in total. The Morgan fingerprint density at radius 2 is 1.84 bits per heavy atom. The van der Waals surface area contributed by atoms with Crippen molar-refractivity contribution in [1.29, 1.82) is 0 Å². The SMILES string of the molecule is C[C@H](NC(=O)OC(C)(C)C)c1c2c3c(ccc(C#Cc4cnn(C)c4)c3c(=O)n1-c1ccccc1)CCC2. The number of aromatic nitrogens is 3. The standard InChI is InChI=1S/C31H32N4O3/c1-20(33-30(37)38-31(2,3)4)28-25-13-9-10-22-16-17-23(15-14-21-18-32-34(5)19-21)27(26(22)25)29(36)35(28)24-11-7-6-8-12-24/h6-8,11-12,16-20H,9-10,13H2,1-5H3,(H,33,37)/t20-/m0/s1. The van der Waals surface area contributed by atoms with Crippen LogP contribution in [-0.2, 0) is 24.6 Å². The average Bonchev–Trinajstić information content (AvgIpc) is 3.29. The van der Waals surface area contributed by atoms with Gasteiger partial charge in [0.1, 0.15) is 5.60 Å². The number of para-hydroxylation sites is 1. The summed E-state index contributed by atoms with van der Waals surface area (Å²) >= 11 is 0. The minimum absolute atomic E-state index is 0.151. The van der Waals surface area contributed by atoms with Crippen molar-refractivity contribution >= 4 is 16.9 Å². The molecule has 7 nitrogen and oxygen atoms in total. The first-order valence-electron chi connectivity index (χ1n) is 12.9. The van der Waals surface area contributed by atoms with Crippen molar-refractivity contribution < 1.29 is 9.53 Å². The van der Waals surface area contributed by atoms with E-state index in [9.17, 15) is 9.59 Å². The number of hydrogen-bond donors (Lipinski definition) is 1. The Morgan fingerprint density at radius 3 is 2.53 bits per heavy atom. The number of ether oxygens (including phenoxy) is 1. The summed E-state index contributed by atoms with van der Waals surface area (Å²) in [5, 5.41) is 8.75. The lowest BCUT2D eigenvalue weighted by Crippen LogP contribution is -2.37. The van der Waals surface area contributed by atoms with Gasteiger partial charge in [-0.15, -0.1) is 0 Å². The molecule has 4 aromatic rings. The predicted octanol–water partition coefficient (Wildman–Crippen LogP) is 5.20. The summed E-state index contributed by atoms with van der Waals surface area (Å²) in [6.07, 6.45) is 5.69. The van der Waals surface area contributed by atoms with Gasteiger partial charge in [-0.25, -0.2) is 4.79 Å². The van der Waals surface area contributed by atoms with Gasteiger partial charge in [0.2, 0.25) is 0 Å². The maximum absolute atomic E-state index is 14.4. The van der Waals surface area contributed by atoms with Crippen LogP contribution < -0.4 is 10.9 Å². The minimum atomic E-state index is -0.629. The fraction of sp³-hybridized carbons (Fsp3) is 0.323. The van der Waals surface area contributed by atoms with Crippen molar-refractivity contribution in [3.63, 3.8) is 0 Å². The lowest BCUT2D eigenvalue weighted by atomic mass is 9.85. The number of aryl methyl sites for hydroxylation is 3. The molecule has 0 bridgehead atoms. The van der Waals surface area contributed by atoms with E-state index in [2.05, 4.69) is 28.3 Å². The molecule has 38 heavy (non-hydrogen) atoms. The molecule has 1 aliphatic carbocycles. The van der Waals surface area contributed by atoms with Gasteiger partial charge in [-0.1, -0.05) is 36.1 Å². The molecular weight excluding hydrogens is 476 g/mol. The highest BCUT2D eigenvalue weighted by Gasteiger charge is 2.28. The number of carbonyl (C=O) groups excluding carboxylic acids is 1. The van der Waals surface area contributed by atoms with Crippen molar-refractivity contribution in [1.82, 2.24) is 19.7 Å². The molecule has 0 spiro atoms. The minimum Gasteiger partial charge on any atom is -0.444 e. The molecule has 1 atom stereocenters. The second-order valence-corrected chi connectivity index (χ2v) is 10.7. The second kappa shape index (κ2) is 9.86. The van der Waals surface area contributed by atoms with Gasteiger partial charge in [-0.05, 0) is 81.7 Å². The fourth-order valence-corrected chi connectivity index (χ4v) is 5.18. The van der Waals surface area contributed by atoms with E-state index < -0.39 is 17.7 Å².